The van der Waals surface area contributed by atoms with E-state index in [0.717, 1.165) is 21.8 Å². The van der Waals surface area contributed by atoms with E-state index >= 15 is 0 Å². The number of carbonyl (C=O) groups is 1. The number of H-pyrrole nitrogens is 1. The molecular formula is C25H26N2O5. The Morgan fingerprint density at radius 3 is 2.50 bits per heavy atom. The highest BCUT2D eigenvalue weighted by atomic mass is 16.5. The number of aliphatic hydroxyl groups is 1. The van der Waals surface area contributed by atoms with Crippen molar-refractivity contribution in [1.82, 2.24) is 9.88 Å². The zero-order chi connectivity index (χ0) is 22.7. The van der Waals surface area contributed by atoms with E-state index in [1.54, 1.807) is 32.4 Å². The Balaban J connectivity index is 1.43. The highest BCUT2D eigenvalue weighted by Crippen LogP contribution is 2.33. The van der Waals surface area contributed by atoms with Crippen molar-refractivity contribution in [3.05, 3.63) is 66.2 Å². The largest absolute Gasteiger partial charge is 0.493 e. The van der Waals surface area contributed by atoms with Gasteiger partial charge in [-0.25, -0.2) is 0 Å². The third-order valence-corrected chi connectivity index (χ3v) is 5.38. The first kappa shape index (κ1) is 21.5. The minimum Gasteiger partial charge on any atom is -0.493 e. The average molecular weight is 434 g/mol. The van der Waals surface area contributed by atoms with Gasteiger partial charge in [0.15, 0.2) is 11.5 Å². The molecule has 0 bridgehead atoms. The quantitative estimate of drug-likeness (QED) is 0.440. The van der Waals surface area contributed by atoms with Crippen LogP contribution in [0.4, 0.5) is 0 Å². The molecule has 0 spiro atoms. The van der Waals surface area contributed by atoms with E-state index in [0.29, 0.717) is 22.8 Å². The van der Waals surface area contributed by atoms with Gasteiger partial charge in [0.2, 0.25) is 0 Å². The third-order valence-electron chi connectivity index (χ3n) is 5.38. The van der Waals surface area contributed by atoms with Crippen LogP contribution < -0.4 is 14.2 Å². The summed E-state index contributed by atoms with van der Waals surface area (Å²) in [7, 11) is 4.70. The number of nitrogens with zero attached hydrogens (tertiary/aromatic N) is 1. The molecule has 1 amide bonds. The van der Waals surface area contributed by atoms with Crippen LogP contribution in [0.15, 0.2) is 60.7 Å². The number of ether oxygens (including phenoxy) is 3. The van der Waals surface area contributed by atoms with E-state index < -0.39 is 6.10 Å². The van der Waals surface area contributed by atoms with Gasteiger partial charge >= 0.3 is 0 Å². The Kier molecular flexibility index (Phi) is 6.18. The second-order valence-corrected chi connectivity index (χ2v) is 7.57. The fourth-order valence-electron chi connectivity index (χ4n) is 3.82. The second kappa shape index (κ2) is 9.20. The average Bonchev–Trinajstić information content (AvgIpc) is 3.21. The number of benzene rings is 3. The first-order chi connectivity index (χ1) is 15.5. The molecule has 4 rings (SSSR count). The molecule has 0 saturated heterocycles. The van der Waals surface area contributed by atoms with E-state index in [1.165, 1.54) is 12.0 Å². The number of likely N-dealkylation sites (N-methyl/N-ethyl adjacent to an activating group) is 1. The molecular weight excluding hydrogens is 408 g/mol. The van der Waals surface area contributed by atoms with Crippen LogP contribution in [0.25, 0.3) is 21.8 Å². The molecule has 7 heteroatoms. The zero-order valence-corrected chi connectivity index (χ0v) is 18.3. The molecule has 1 heterocycles. The smallest absolute Gasteiger partial charge is 0.253 e. The van der Waals surface area contributed by atoms with Crippen molar-refractivity contribution in [3.63, 3.8) is 0 Å². The van der Waals surface area contributed by atoms with Gasteiger partial charge in [0, 0.05) is 35.4 Å². The van der Waals surface area contributed by atoms with Gasteiger partial charge in [-0.15, -0.1) is 0 Å². The predicted molar refractivity (Wildman–Crippen MR) is 124 cm³/mol. The SMILES string of the molecule is COc1ccc(C(=O)N(C)CC(O)COc2cccc3[nH]c4ccccc4c23)cc1OC. The maximum absolute atomic E-state index is 12.8. The van der Waals surface area contributed by atoms with Gasteiger partial charge in [-0.05, 0) is 36.4 Å². The molecule has 0 saturated carbocycles. The minimum atomic E-state index is -0.857. The number of fused-ring (bicyclic) bond motifs is 3. The summed E-state index contributed by atoms with van der Waals surface area (Å²) < 4.78 is 16.4. The fourth-order valence-corrected chi connectivity index (χ4v) is 3.82. The third kappa shape index (κ3) is 4.20. The van der Waals surface area contributed by atoms with Crippen molar-refractivity contribution in [2.45, 2.75) is 6.10 Å². The minimum absolute atomic E-state index is 0.0577. The lowest BCUT2D eigenvalue weighted by molar-refractivity contribution is 0.0565. The molecule has 1 aromatic heterocycles. The van der Waals surface area contributed by atoms with Crippen molar-refractivity contribution in [3.8, 4) is 17.2 Å². The molecule has 4 aromatic rings. The van der Waals surface area contributed by atoms with E-state index in [-0.39, 0.29) is 19.1 Å². The molecule has 1 atom stereocenters. The standard InChI is InChI=1S/C25H26N2O5/c1-27(25(29)16-11-12-21(30-2)23(13-16)31-3)14-17(28)15-32-22-10-6-9-20-24(22)18-7-4-5-8-19(18)26-20/h4-13,17,26,28H,14-15H2,1-3H3. The fraction of sp³-hybridized carbons (Fsp3) is 0.240. The number of carbonyl (C=O) groups excluding carboxylic acids is 1. The maximum Gasteiger partial charge on any atom is 0.253 e. The van der Waals surface area contributed by atoms with Crippen LogP contribution in [0, 0.1) is 0 Å². The highest BCUT2D eigenvalue weighted by molar-refractivity contribution is 6.10. The summed E-state index contributed by atoms with van der Waals surface area (Å²) in [4.78, 5) is 17.6. The number of rotatable bonds is 8. The Morgan fingerprint density at radius 2 is 1.72 bits per heavy atom. The lowest BCUT2D eigenvalue weighted by Crippen LogP contribution is -2.37. The molecule has 166 valence electrons. The summed E-state index contributed by atoms with van der Waals surface area (Å²) in [5, 5.41) is 12.6. The first-order valence-corrected chi connectivity index (χ1v) is 10.3. The molecule has 0 aliphatic rings. The molecule has 0 fully saturated rings. The normalized spacial score (nSPS) is 12.0. The van der Waals surface area contributed by atoms with Crippen LogP contribution in [0.2, 0.25) is 0 Å². The van der Waals surface area contributed by atoms with Crippen LogP contribution in [-0.2, 0) is 0 Å². The Hall–Kier alpha value is -3.71. The van der Waals surface area contributed by atoms with Gasteiger partial charge in [0.25, 0.3) is 5.91 Å². The maximum atomic E-state index is 12.8. The van der Waals surface area contributed by atoms with Gasteiger partial charge < -0.3 is 29.2 Å². The summed E-state index contributed by atoms with van der Waals surface area (Å²) in [6.07, 6.45) is -0.857. The molecule has 1 unspecified atom stereocenters. The predicted octanol–water partition coefficient (Wildman–Crippen LogP) is 3.85. The van der Waals surface area contributed by atoms with Gasteiger partial charge in [-0.3, -0.25) is 4.79 Å². The molecule has 3 aromatic carbocycles. The number of nitrogens with one attached hydrogen (secondary N) is 1. The highest BCUT2D eigenvalue weighted by Gasteiger charge is 2.18. The summed E-state index contributed by atoms with van der Waals surface area (Å²) in [5.41, 5.74) is 2.44. The first-order valence-electron chi connectivity index (χ1n) is 10.3. The molecule has 0 radical (unpaired) electrons. The number of hydrogen-bond donors (Lipinski definition) is 2. The van der Waals surface area contributed by atoms with E-state index in [2.05, 4.69) is 4.98 Å². The van der Waals surface area contributed by atoms with Crippen molar-refractivity contribution in [2.24, 2.45) is 0 Å². The van der Waals surface area contributed by atoms with Crippen molar-refractivity contribution in [1.29, 1.82) is 0 Å². The van der Waals surface area contributed by atoms with Gasteiger partial charge in [0.05, 0.1) is 19.7 Å². The van der Waals surface area contributed by atoms with Gasteiger partial charge in [-0.2, -0.15) is 0 Å². The summed E-state index contributed by atoms with van der Waals surface area (Å²) in [6, 6.07) is 18.8. The van der Waals surface area contributed by atoms with Crippen LogP contribution in [0.3, 0.4) is 0 Å². The molecule has 32 heavy (non-hydrogen) atoms. The Morgan fingerprint density at radius 1 is 0.969 bits per heavy atom. The molecule has 7 nitrogen and oxygen atoms in total. The number of aromatic nitrogens is 1. The van der Waals surface area contributed by atoms with Crippen molar-refractivity contribution < 1.29 is 24.1 Å². The zero-order valence-electron chi connectivity index (χ0n) is 18.3. The summed E-state index contributed by atoms with van der Waals surface area (Å²) >= 11 is 0. The number of aromatic amines is 1. The number of para-hydroxylation sites is 1. The van der Waals surface area contributed by atoms with E-state index in [1.807, 2.05) is 42.5 Å². The van der Waals surface area contributed by atoms with E-state index in [9.17, 15) is 9.90 Å². The summed E-state index contributed by atoms with van der Waals surface area (Å²) in [6.45, 7) is 0.180. The Bertz CT molecular complexity index is 1250. The summed E-state index contributed by atoms with van der Waals surface area (Å²) in [5.74, 6) is 1.48. The van der Waals surface area contributed by atoms with E-state index in [4.69, 9.17) is 14.2 Å². The Labute approximate surface area is 186 Å². The molecule has 2 N–H and O–H groups in total. The lowest BCUT2D eigenvalue weighted by atomic mass is 10.1. The number of methoxy groups -OCH3 is 2. The monoisotopic (exact) mass is 434 g/mol. The second-order valence-electron chi connectivity index (χ2n) is 7.57. The number of amides is 1. The lowest BCUT2D eigenvalue weighted by Gasteiger charge is -2.22. The number of hydrogen-bond acceptors (Lipinski definition) is 5. The van der Waals surface area contributed by atoms with Crippen LogP contribution in [0.1, 0.15) is 10.4 Å². The molecule has 0 aliphatic heterocycles. The van der Waals surface area contributed by atoms with Crippen LogP contribution >= 0.6 is 0 Å². The van der Waals surface area contributed by atoms with Crippen LogP contribution in [0.5, 0.6) is 17.2 Å². The number of aliphatic hydroxyl groups excluding tert-OH is 1. The van der Waals surface area contributed by atoms with Gasteiger partial charge in [-0.1, -0.05) is 24.3 Å². The van der Waals surface area contributed by atoms with Gasteiger partial charge in [0.1, 0.15) is 18.5 Å². The van der Waals surface area contributed by atoms with Crippen LogP contribution in [-0.4, -0.2) is 61.4 Å². The van der Waals surface area contributed by atoms with Crippen molar-refractivity contribution >= 4 is 27.7 Å². The van der Waals surface area contributed by atoms with Crippen molar-refractivity contribution in [2.75, 3.05) is 34.4 Å². The topological polar surface area (TPSA) is 84.0 Å². The molecule has 0 aliphatic carbocycles.